The number of hydrogen-bond donors (Lipinski definition) is 1. The van der Waals surface area contributed by atoms with Crippen LogP contribution in [0.1, 0.15) is 23.0 Å². The zero-order valence-corrected chi connectivity index (χ0v) is 12.9. The highest BCUT2D eigenvalue weighted by atomic mass is 16.5. The topological polar surface area (TPSA) is 90.3 Å². The van der Waals surface area contributed by atoms with E-state index in [2.05, 4.69) is 10.4 Å². The van der Waals surface area contributed by atoms with Crippen molar-refractivity contribution in [1.29, 1.82) is 0 Å². The zero-order chi connectivity index (χ0) is 16.8. The van der Waals surface area contributed by atoms with Gasteiger partial charge in [-0.1, -0.05) is 19.1 Å². The Labute approximate surface area is 132 Å². The van der Waals surface area contributed by atoms with Gasteiger partial charge in [0, 0.05) is 18.8 Å². The Kier molecular flexibility index (Phi) is 5.24. The number of ether oxygens (including phenoxy) is 1. The quantitative estimate of drug-likeness (QED) is 0.836. The Bertz CT molecular complexity index is 783. The number of aryl methyl sites for hydroxylation is 2. The third kappa shape index (κ3) is 4.50. The van der Waals surface area contributed by atoms with E-state index in [-0.39, 0.29) is 11.3 Å². The van der Waals surface area contributed by atoms with Crippen molar-refractivity contribution in [3.8, 4) is 0 Å². The molecule has 0 unspecified atom stereocenters. The Hall–Kier alpha value is -2.96. The van der Waals surface area contributed by atoms with Crippen LogP contribution in [0.25, 0.3) is 0 Å². The second-order valence-corrected chi connectivity index (χ2v) is 4.86. The Morgan fingerprint density at radius 2 is 2.04 bits per heavy atom. The molecule has 0 spiro atoms. The predicted molar refractivity (Wildman–Crippen MR) is 84.2 cm³/mol. The van der Waals surface area contributed by atoms with Gasteiger partial charge in [-0.3, -0.25) is 9.59 Å². The molecule has 1 amide bonds. The van der Waals surface area contributed by atoms with Crippen molar-refractivity contribution in [2.75, 3.05) is 11.9 Å². The van der Waals surface area contributed by atoms with Crippen LogP contribution in [-0.2, 0) is 23.0 Å². The second kappa shape index (κ2) is 7.35. The number of anilines is 1. The monoisotopic (exact) mass is 315 g/mol. The number of benzene rings is 1. The van der Waals surface area contributed by atoms with Crippen LogP contribution in [0.4, 0.5) is 5.69 Å². The molecule has 0 fully saturated rings. The Morgan fingerprint density at radius 1 is 1.26 bits per heavy atom. The number of hydrogen-bond acceptors (Lipinski definition) is 5. The van der Waals surface area contributed by atoms with E-state index in [1.165, 1.54) is 19.2 Å². The first-order valence-corrected chi connectivity index (χ1v) is 7.10. The minimum Gasteiger partial charge on any atom is -0.451 e. The first kappa shape index (κ1) is 16.4. The fourth-order valence-electron chi connectivity index (χ4n) is 1.88. The molecular formula is C16H17N3O4. The third-order valence-corrected chi connectivity index (χ3v) is 3.12. The van der Waals surface area contributed by atoms with E-state index in [1.807, 2.05) is 25.1 Å². The van der Waals surface area contributed by atoms with Gasteiger partial charge in [0.15, 0.2) is 12.3 Å². The Balaban J connectivity index is 1.91. The summed E-state index contributed by atoms with van der Waals surface area (Å²) in [7, 11) is 1.42. The lowest BCUT2D eigenvalue weighted by molar-refractivity contribution is -0.119. The summed E-state index contributed by atoms with van der Waals surface area (Å²) in [5.74, 6) is -1.21. The molecule has 0 aliphatic carbocycles. The van der Waals surface area contributed by atoms with Crippen molar-refractivity contribution in [2.24, 2.45) is 7.05 Å². The van der Waals surface area contributed by atoms with Gasteiger partial charge in [0.25, 0.3) is 11.5 Å². The van der Waals surface area contributed by atoms with Crippen LogP contribution >= 0.6 is 0 Å². The molecule has 0 saturated carbocycles. The molecule has 23 heavy (non-hydrogen) atoms. The van der Waals surface area contributed by atoms with Gasteiger partial charge >= 0.3 is 5.97 Å². The highest BCUT2D eigenvalue weighted by Crippen LogP contribution is 2.10. The molecule has 0 atom stereocenters. The largest absolute Gasteiger partial charge is 0.451 e. The predicted octanol–water partition coefficient (Wildman–Crippen LogP) is 1.14. The van der Waals surface area contributed by atoms with Gasteiger partial charge in [-0.25, -0.2) is 9.48 Å². The molecule has 0 aliphatic rings. The maximum Gasteiger partial charge on any atom is 0.359 e. The van der Waals surface area contributed by atoms with E-state index >= 15 is 0 Å². The van der Waals surface area contributed by atoms with Crippen molar-refractivity contribution < 1.29 is 14.3 Å². The molecule has 0 bridgehead atoms. The van der Waals surface area contributed by atoms with Gasteiger partial charge in [0.05, 0.1) is 0 Å². The molecule has 1 aromatic heterocycles. The van der Waals surface area contributed by atoms with E-state index < -0.39 is 18.5 Å². The standard InChI is InChI=1S/C16H17N3O4/c1-3-11-5-4-6-12(9-11)17-14(20)10-23-16(22)13-7-8-15(21)19(2)18-13/h4-9H,3,10H2,1-2H3,(H,17,20). The summed E-state index contributed by atoms with van der Waals surface area (Å²) in [5.41, 5.74) is 1.36. The Morgan fingerprint density at radius 3 is 2.74 bits per heavy atom. The summed E-state index contributed by atoms with van der Waals surface area (Å²) < 4.78 is 5.91. The van der Waals surface area contributed by atoms with Gasteiger partial charge in [-0.15, -0.1) is 0 Å². The van der Waals surface area contributed by atoms with Gasteiger partial charge < -0.3 is 10.1 Å². The minimum absolute atomic E-state index is 0.0344. The summed E-state index contributed by atoms with van der Waals surface area (Å²) in [5, 5.41) is 6.41. The lowest BCUT2D eigenvalue weighted by Crippen LogP contribution is -2.24. The smallest absolute Gasteiger partial charge is 0.359 e. The molecule has 0 aliphatic heterocycles. The summed E-state index contributed by atoms with van der Waals surface area (Å²) in [6.45, 7) is 1.59. The number of carbonyl (C=O) groups is 2. The van der Waals surface area contributed by atoms with Crippen LogP contribution in [0.5, 0.6) is 0 Å². The summed E-state index contributed by atoms with van der Waals surface area (Å²) in [4.78, 5) is 34.8. The lowest BCUT2D eigenvalue weighted by atomic mass is 10.1. The van der Waals surface area contributed by atoms with Gasteiger partial charge in [0.1, 0.15) is 0 Å². The van der Waals surface area contributed by atoms with E-state index in [9.17, 15) is 14.4 Å². The molecule has 1 N–H and O–H groups in total. The average molecular weight is 315 g/mol. The van der Waals surface area contributed by atoms with Gasteiger partial charge in [-0.2, -0.15) is 5.10 Å². The van der Waals surface area contributed by atoms with Crippen LogP contribution in [0, 0.1) is 0 Å². The highest BCUT2D eigenvalue weighted by molar-refractivity contribution is 5.94. The van der Waals surface area contributed by atoms with Crippen LogP contribution in [0.2, 0.25) is 0 Å². The van der Waals surface area contributed by atoms with E-state index in [1.54, 1.807) is 6.07 Å². The molecule has 0 saturated heterocycles. The number of nitrogens with one attached hydrogen (secondary N) is 1. The van der Waals surface area contributed by atoms with Gasteiger partial charge in [-0.05, 0) is 30.2 Å². The SMILES string of the molecule is CCc1cccc(NC(=O)COC(=O)c2ccc(=O)n(C)n2)c1. The van der Waals surface area contributed by atoms with Crippen molar-refractivity contribution >= 4 is 17.6 Å². The van der Waals surface area contributed by atoms with Gasteiger partial charge in [0.2, 0.25) is 0 Å². The number of rotatable bonds is 5. The second-order valence-electron chi connectivity index (χ2n) is 4.86. The van der Waals surface area contributed by atoms with E-state index in [4.69, 9.17) is 4.74 Å². The van der Waals surface area contributed by atoms with Crippen LogP contribution in [0.3, 0.4) is 0 Å². The molecule has 1 heterocycles. The molecular weight excluding hydrogens is 298 g/mol. The van der Waals surface area contributed by atoms with Crippen LogP contribution in [0.15, 0.2) is 41.2 Å². The third-order valence-electron chi connectivity index (χ3n) is 3.12. The van der Waals surface area contributed by atoms with Crippen LogP contribution in [-0.4, -0.2) is 28.3 Å². The summed E-state index contributed by atoms with van der Waals surface area (Å²) in [6, 6.07) is 9.88. The minimum atomic E-state index is -0.766. The van der Waals surface area contributed by atoms with E-state index in [0.717, 1.165) is 16.7 Å². The van der Waals surface area contributed by atoms with Crippen LogP contribution < -0.4 is 10.9 Å². The number of carbonyl (C=O) groups excluding carboxylic acids is 2. The maximum absolute atomic E-state index is 11.8. The molecule has 2 rings (SSSR count). The van der Waals surface area contributed by atoms with Crippen molar-refractivity contribution in [3.05, 3.63) is 58.0 Å². The summed E-state index contributed by atoms with van der Waals surface area (Å²) >= 11 is 0. The zero-order valence-electron chi connectivity index (χ0n) is 12.9. The molecule has 0 radical (unpaired) electrons. The normalized spacial score (nSPS) is 10.2. The number of amides is 1. The van der Waals surface area contributed by atoms with E-state index in [0.29, 0.717) is 5.69 Å². The molecule has 7 nitrogen and oxygen atoms in total. The van der Waals surface area contributed by atoms with Crippen molar-refractivity contribution in [1.82, 2.24) is 9.78 Å². The fourth-order valence-corrected chi connectivity index (χ4v) is 1.88. The molecule has 2 aromatic rings. The summed E-state index contributed by atoms with van der Waals surface area (Å²) in [6.07, 6.45) is 0.858. The maximum atomic E-state index is 11.8. The first-order chi connectivity index (χ1) is 11.0. The molecule has 7 heteroatoms. The number of esters is 1. The fraction of sp³-hybridized carbons (Fsp3) is 0.250. The van der Waals surface area contributed by atoms with Crippen molar-refractivity contribution in [2.45, 2.75) is 13.3 Å². The number of aromatic nitrogens is 2. The average Bonchev–Trinajstić information content (AvgIpc) is 2.55. The van der Waals surface area contributed by atoms with Crippen molar-refractivity contribution in [3.63, 3.8) is 0 Å². The molecule has 120 valence electrons. The molecule has 1 aromatic carbocycles. The first-order valence-electron chi connectivity index (χ1n) is 7.10. The number of nitrogens with zero attached hydrogens (tertiary/aromatic N) is 2. The lowest BCUT2D eigenvalue weighted by Gasteiger charge is -2.07. The highest BCUT2D eigenvalue weighted by Gasteiger charge is 2.12.